The van der Waals surface area contributed by atoms with Crippen LogP contribution < -0.4 is 9.47 Å². The Balaban J connectivity index is 1.78. The van der Waals surface area contributed by atoms with E-state index in [9.17, 15) is 19.8 Å². The van der Waals surface area contributed by atoms with Crippen molar-refractivity contribution in [3.63, 3.8) is 0 Å². The SMILES string of the molecule is CC(C)=CCc1c2c(c(O)c3c1O[C@]14C(=CC(CC=O)C1C(C)(C)O[C@@H]4C/C=C(\C)CO)C3=O)C=CC(C)(C)O2. The number of Topliss-reactive ketones (excluding diaryl/α,β-unsaturated/α-hetero) is 1. The number of rotatable bonds is 7. The predicted octanol–water partition coefficient (Wildman–Crippen LogP) is 5.67. The number of allylic oxidation sites excluding steroid dienone is 3. The van der Waals surface area contributed by atoms with E-state index < -0.39 is 22.9 Å². The fourth-order valence-corrected chi connectivity index (χ4v) is 6.94. The van der Waals surface area contributed by atoms with Crippen LogP contribution in [0.4, 0.5) is 0 Å². The number of aromatic hydroxyl groups is 1. The van der Waals surface area contributed by atoms with Gasteiger partial charge in [0.2, 0.25) is 0 Å². The number of carbonyl (C=O) groups excluding carboxylic acids is 2. The van der Waals surface area contributed by atoms with Gasteiger partial charge in [-0.25, -0.2) is 0 Å². The summed E-state index contributed by atoms with van der Waals surface area (Å²) in [6.07, 6.45) is 10.9. The highest BCUT2D eigenvalue weighted by Crippen LogP contribution is 2.63. The second kappa shape index (κ2) is 9.74. The van der Waals surface area contributed by atoms with E-state index in [0.717, 1.165) is 17.4 Å². The molecule has 4 aliphatic rings. The van der Waals surface area contributed by atoms with Gasteiger partial charge in [0.15, 0.2) is 11.4 Å². The summed E-state index contributed by atoms with van der Waals surface area (Å²) in [5.41, 5.74) is 1.09. The van der Waals surface area contributed by atoms with Gasteiger partial charge in [0.05, 0.1) is 17.8 Å². The Morgan fingerprint density at radius 1 is 1.05 bits per heavy atom. The van der Waals surface area contributed by atoms with Crippen LogP contribution in [0.1, 0.15) is 82.8 Å². The number of aliphatic hydroxyl groups is 1. The Bertz CT molecular complexity index is 1390. The molecule has 1 spiro atoms. The zero-order valence-electron chi connectivity index (χ0n) is 24.5. The summed E-state index contributed by atoms with van der Waals surface area (Å²) in [5.74, 6) is -0.264. The van der Waals surface area contributed by atoms with Crippen molar-refractivity contribution in [3.8, 4) is 17.2 Å². The van der Waals surface area contributed by atoms with Gasteiger partial charge >= 0.3 is 0 Å². The Morgan fingerprint density at radius 2 is 1.77 bits per heavy atom. The molecule has 0 bridgehead atoms. The summed E-state index contributed by atoms with van der Waals surface area (Å²) >= 11 is 0. The molecule has 0 radical (unpaired) electrons. The molecule has 1 aromatic carbocycles. The molecule has 0 amide bonds. The van der Waals surface area contributed by atoms with E-state index in [1.807, 2.05) is 72.8 Å². The second-order valence-electron chi connectivity index (χ2n) is 12.8. The van der Waals surface area contributed by atoms with Crippen molar-refractivity contribution in [2.45, 2.75) is 90.6 Å². The second-order valence-corrected chi connectivity index (χ2v) is 12.8. The summed E-state index contributed by atoms with van der Waals surface area (Å²) in [4.78, 5) is 26.3. The third-order valence-corrected chi connectivity index (χ3v) is 8.65. The van der Waals surface area contributed by atoms with Gasteiger partial charge in [-0.05, 0) is 79.4 Å². The molecule has 4 atom stereocenters. The number of fused-ring (bicyclic) bond motifs is 2. The van der Waals surface area contributed by atoms with Crippen LogP contribution in [0.15, 0.2) is 41.0 Å². The highest BCUT2D eigenvalue weighted by atomic mass is 16.6. The van der Waals surface area contributed by atoms with Crippen LogP contribution in [-0.4, -0.2) is 51.8 Å². The molecule has 2 N–H and O–H groups in total. The van der Waals surface area contributed by atoms with Crippen molar-refractivity contribution in [2.75, 3.05) is 6.61 Å². The van der Waals surface area contributed by atoms with E-state index in [1.165, 1.54) is 0 Å². The molecule has 5 rings (SSSR count). The van der Waals surface area contributed by atoms with Crippen molar-refractivity contribution in [3.05, 3.63) is 57.7 Å². The average molecular weight is 549 g/mol. The molecule has 40 heavy (non-hydrogen) atoms. The van der Waals surface area contributed by atoms with Crippen LogP contribution in [0.2, 0.25) is 0 Å². The van der Waals surface area contributed by atoms with E-state index in [2.05, 4.69) is 6.08 Å². The van der Waals surface area contributed by atoms with Crippen molar-refractivity contribution >= 4 is 18.1 Å². The molecule has 3 heterocycles. The number of hydrogen-bond acceptors (Lipinski definition) is 7. The highest BCUT2D eigenvalue weighted by Gasteiger charge is 2.71. The molecule has 0 aromatic heterocycles. The number of phenols is 1. The highest BCUT2D eigenvalue weighted by molar-refractivity contribution is 6.16. The molecule has 0 saturated carbocycles. The minimum absolute atomic E-state index is 0.0842. The number of aliphatic hydroxyl groups excluding tert-OH is 1. The van der Waals surface area contributed by atoms with Crippen molar-refractivity contribution in [1.82, 2.24) is 0 Å². The maximum absolute atomic E-state index is 14.5. The molecular weight excluding hydrogens is 508 g/mol. The van der Waals surface area contributed by atoms with Gasteiger partial charge in [-0.2, -0.15) is 0 Å². The normalized spacial score (nSPS) is 28.9. The van der Waals surface area contributed by atoms with Crippen molar-refractivity contribution < 1.29 is 34.0 Å². The summed E-state index contributed by atoms with van der Waals surface area (Å²) in [7, 11) is 0. The molecule has 2 unspecified atom stereocenters. The number of aldehydes is 1. The summed E-state index contributed by atoms with van der Waals surface area (Å²) in [5, 5.41) is 21.2. The van der Waals surface area contributed by atoms with E-state index in [4.69, 9.17) is 14.2 Å². The number of benzene rings is 1. The van der Waals surface area contributed by atoms with Crippen LogP contribution in [0.25, 0.3) is 6.08 Å². The number of hydrogen-bond donors (Lipinski definition) is 2. The number of ketones is 1. The van der Waals surface area contributed by atoms with Crippen LogP contribution in [-0.2, 0) is 16.0 Å². The van der Waals surface area contributed by atoms with Gasteiger partial charge in [-0.1, -0.05) is 29.4 Å². The molecule has 214 valence electrons. The minimum Gasteiger partial charge on any atom is -0.506 e. The van der Waals surface area contributed by atoms with Gasteiger partial charge in [-0.15, -0.1) is 0 Å². The maximum Gasteiger partial charge on any atom is 0.200 e. The summed E-state index contributed by atoms with van der Waals surface area (Å²) in [6.45, 7) is 13.6. The average Bonchev–Trinajstić information content (AvgIpc) is 3.32. The zero-order chi connectivity index (χ0) is 29.2. The standard InChI is InChI=1S/C33H40O7/c1-18(2)8-10-22-28-21(12-14-31(4,5)39-28)26(36)25-27(37)23-16-20(13-15-34)30-32(6,7)38-24(11-9-19(3)17-35)33(23,30)40-29(22)25/h8-9,12,14-16,20,24,30,35-36H,10-11,13,17H2,1-7H3/b19-9+/t20?,24-,30?,33+/m1/s1. The number of carbonyl (C=O) groups is 2. The topological polar surface area (TPSA) is 102 Å². The largest absolute Gasteiger partial charge is 0.506 e. The molecule has 7 nitrogen and oxygen atoms in total. The van der Waals surface area contributed by atoms with E-state index in [0.29, 0.717) is 41.0 Å². The lowest BCUT2D eigenvalue weighted by Crippen LogP contribution is -2.55. The third-order valence-electron chi connectivity index (χ3n) is 8.65. The van der Waals surface area contributed by atoms with Gasteiger partial charge in [0.1, 0.15) is 40.8 Å². The van der Waals surface area contributed by atoms with Crippen LogP contribution in [0.5, 0.6) is 17.2 Å². The lowest BCUT2D eigenvalue weighted by molar-refractivity contribution is -0.109. The maximum atomic E-state index is 14.5. The Kier molecular flexibility index (Phi) is 6.91. The fraction of sp³-hybridized carbons (Fsp3) is 0.515. The van der Waals surface area contributed by atoms with E-state index >= 15 is 0 Å². The number of phenolic OH excluding ortho intramolecular Hbond substituents is 1. The molecule has 7 heteroatoms. The Labute approximate surface area is 236 Å². The first kappa shape index (κ1) is 28.4. The third kappa shape index (κ3) is 4.25. The molecule has 3 aliphatic heterocycles. The lowest BCUT2D eigenvalue weighted by atomic mass is 9.69. The van der Waals surface area contributed by atoms with Gasteiger partial charge < -0.3 is 29.2 Å². The van der Waals surface area contributed by atoms with Crippen LogP contribution in [0.3, 0.4) is 0 Å². The van der Waals surface area contributed by atoms with E-state index in [-0.39, 0.29) is 42.0 Å². The zero-order valence-corrected chi connectivity index (χ0v) is 24.5. The fourth-order valence-electron chi connectivity index (χ4n) is 6.94. The summed E-state index contributed by atoms with van der Waals surface area (Å²) in [6, 6.07) is 0. The van der Waals surface area contributed by atoms with Crippen molar-refractivity contribution in [2.24, 2.45) is 11.8 Å². The number of ether oxygens (including phenoxy) is 3. The van der Waals surface area contributed by atoms with Gasteiger partial charge in [-0.3, -0.25) is 4.79 Å². The lowest BCUT2D eigenvalue weighted by Gasteiger charge is -2.43. The predicted molar refractivity (Wildman–Crippen MR) is 153 cm³/mol. The minimum atomic E-state index is -1.17. The van der Waals surface area contributed by atoms with Crippen molar-refractivity contribution in [1.29, 1.82) is 0 Å². The molecule has 1 fully saturated rings. The first-order valence-electron chi connectivity index (χ1n) is 14.0. The molecule has 1 aromatic rings. The van der Waals surface area contributed by atoms with E-state index in [1.54, 1.807) is 0 Å². The Hall–Kier alpha value is -3.16. The quantitative estimate of drug-likeness (QED) is 0.335. The molecule has 1 aliphatic carbocycles. The smallest absolute Gasteiger partial charge is 0.200 e. The molecule has 1 saturated heterocycles. The van der Waals surface area contributed by atoms with Gasteiger partial charge in [0, 0.05) is 23.5 Å². The first-order chi connectivity index (χ1) is 18.8. The Morgan fingerprint density at radius 3 is 2.42 bits per heavy atom. The molecular formula is C33H40O7. The first-order valence-corrected chi connectivity index (χ1v) is 14.0. The van der Waals surface area contributed by atoms with Gasteiger partial charge in [0.25, 0.3) is 0 Å². The van der Waals surface area contributed by atoms with Crippen LogP contribution in [0, 0.1) is 11.8 Å². The van der Waals surface area contributed by atoms with Crippen LogP contribution >= 0.6 is 0 Å². The summed E-state index contributed by atoms with van der Waals surface area (Å²) < 4.78 is 20.1. The monoisotopic (exact) mass is 548 g/mol.